The van der Waals surface area contributed by atoms with Crippen molar-refractivity contribution in [2.24, 2.45) is 5.73 Å². The van der Waals surface area contributed by atoms with Crippen molar-refractivity contribution >= 4 is 0 Å². The zero-order valence-corrected chi connectivity index (χ0v) is 6.31. The highest BCUT2D eigenvalue weighted by Crippen LogP contribution is 2.39. The maximum absolute atomic E-state index is 5.95. The van der Waals surface area contributed by atoms with E-state index in [1.807, 2.05) is 0 Å². The first-order valence-corrected chi connectivity index (χ1v) is 4.23. The largest absolute Gasteiger partial charge is 0.373 e. The summed E-state index contributed by atoms with van der Waals surface area (Å²) in [5.41, 5.74) is 6.08. The first-order valence-electron chi connectivity index (χ1n) is 4.23. The zero-order chi connectivity index (χ0) is 7.03. The summed E-state index contributed by atoms with van der Waals surface area (Å²) in [5, 5.41) is 0. The fourth-order valence-electron chi connectivity index (χ4n) is 2.28. The lowest BCUT2D eigenvalue weighted by molar-refractivity contribution is -0.00188. The van der Waals surface area contributed by atoms with Crippen LogP contribution in [0.3, 0.4) is 0 Å². The molecule has 1 heterocycles. The highest BCUT2D eigenvalue weighted by molar-refractivity contribution is 4.99. The first kappa shape index (κ1) is 6.62. The minimum Gasteiger partial charge on any atom is -0.373 e. The van der Waals surface area contributed by atoms with E-state index in [0.717, 1.165) is 6.61 Å². The third kappa shape index (κ3) is 0.789. The summed E-state index contributed by atoms with van der Waals surface area (Å²) in [6.07, 6.45) is 6.05. The van der Waals surface area contributed by atoms with Crippen molar-refractivity contribution in [3.63, 3.8) is 0 Å². The molecule has 0 bridgehead atoms. The molecule has 0 aromatic heterocycles. The number of hydrogen-bond acceptors (Lipinski definition) is 2. The predicted molar refractivity (Wildman–Crippen MR) is 39.7 cm³/mol. The molecule has 2 atom stereocenters. The molecule has 1 saturated carbocycles. The molecule has 0 unspecified atom stereocenters. The minimum absolute atomic E-state index is 0.125. The van der Waals surface area contributed by atoms with Gasteiger partial charge in [0.2, 0.25) is 0 Å². The number of ether oxygens (including phenoxy) is 1. The molecular weight excluding hydrogens is 126 g/mol. The topological polar surface area (TPSA) is 35.2 Å². The van der Waals surface area contributed by atoms with Gasteiger partial charge in [0, 0.05) is 12.6 Å². The third-order valence-corrected chi connectivity index (χ3v) is 2.92. The van der Waals surface area contributed by atoms with Gasteiger partial charge in [0.1, 0.15) is 0 Å². The van der Waals surface area contributed by atoms with Gasteiger partial charge in [-0.15, -0.1) is 0 Å². The number of rotatable bonds is 0. The van der Waals surface area contributed by atoms with Crippen LogP contribution in [0.15, 0.2) is 0 Å². The van der Waals surface area contributed by atoms with Crippen molar-refractivity contribution in [3.8, 4) is 0 Å². The molecule has 1 aliphatic heterocycles. The van der Waals surface area contributed by atoms with Gasteiger partial charge in [-0.1, -0.05) is 0 Å². The Hall–Kier alpha value is -0.0800. The van der Waals surface area contributed by atoms with Crippen LogP contribution in [0.5, 0.6) is 0 Å². The molecule has 2 fully saturated rings. The van der Waals surface area contributed by atoms with Crippen LogP contribution >= 0.6 is 0 Å². The van der Waals surface area contributed by atoms with E-state index < -0.39 is 0 Å². The summed E-state index contributed by atoms with van der Waals surface area (Å²) in [4.78, 5) is 0. The molecule has 10 heavy (non-hydrogen) atoms. The van der Waals surface area contributed by atoms with E-state index >= 15 is 0 Å². The van der Waals surface area contributed by atoms with E-state index in [1.54, 1.807) is 0 Å². The van der Waals surface area contributed by atoms with Crippen LogP contribution < -0.4 is 5.73 Å². The van der Waals surface area contributed by atoms with Gasteiger partial charge in [0.05, 0.1) is 5.60 Å². The van der Waals surface area contributed by atoms with Crippen molar-refractivity contribution in [2.75, 3.05) is 6.61 Å². The fourth-order valence-corrected chi connectivity index (χ4v) is 2.28. The fraction of sp³-hybridized carbons (Fsp3) is 1.00. The Morgan fingerprint density at radius 3 is 2.60 bits per heavy atom. The van der Waals surface area contributed by atoms with Crippen LogP contribution in [-0.4, -0.2) is 18.2 Å². The first-order chi connectivity index (χ1) is 4.83. The Morgan fingerprint density at radius 2 is 2.10 bits per heavy atom. The molecule has 2 aliphatic rings. The molecule has 0 radical (unpaired) electrons. The molecule has 2 nitrogen and oxygen atoms in total. The second-order valence-corrected chi connectivity index (χ2v) is 3.52. The molecule has 0 aromatic rings. The smallest absolute Gasteiger partial charge is 0.0833 e. The van der Waals surface area contributed by atoms with Crippen molar-refractivity contribution in [1.29, 1.82) is 0 Å². The highest BCUT2D eigenvalue weighted by Gasteiger charge is 2.43. The lowest BCUT2D eigenvalue weighted by Crippen LogP contribution is -2.42. The Morgan fingerprint density at radius 1 is 1.30 bits per heavy atom. The van der Waals surface area contributed by atoms with Gasteiger partial charge in [-0.25, -0.2) is 0 Å². The van der Waals surface area contributed by atoms with Crippen molar-refractivity contribution < 1.29 is 4.74 Å². The maximum Gasteiger partial charge on any atom is 0.0833 e. The predicted octanol–water partition coefficient (Wildman–Crippen LogP) is 1.05. The van der Waals surface area contributed by atoms with Gasteiger partial charge in [-0.2, -0.15) is 0 Å². The van der Waals surface area contributed by atoms with E-state index in [-0.39, 0.29) is 5.60 Å². The Kier molecular flexibility index (Phi) is 1.46. The molecule has 2 rings (SSSR count). The van der Waals surface area contributed by atoms with Crippen LogP contribution in [0.25, 0.3) is 0 Å². The molecule has 1 saturated heterocycles. The van der Waals surface area contributed by atoms with E-state index in [2.05, 4.69) is 0 Å². The average molecular weight is 141 g/mol. The summed E-state index contributed by atoms with van der Waals surface area (Å²) in [6, 6.07) is 0.329. The number of hydrogen-bond donors (Lipinski definition) is 1. The van der Waals surface area contributed by atoms with Crippen molar-refractivity contribution in [3.05, 3.63) is 0 Å². The summed E-state index contributed by atoms with van der Waals surface area (Å²) in [6.45, 7) is 0.938. The van der Waals surface area contributed by atoms with E-state index in [4.69, 9.17) is 10.5 Å². The van der Waals surface area contributed by atoms with Crippen molar-refractivity contribution in [1.82, 2.24) is 0 Å². The van der Waals surface area contributed by atoms with Crippen LogP contribution in [0.2, 0.25) is 0 Å². The van der Waals surface area contributed by atoms with Gasteiger partial charge in [0.15, 0.2) is 0 Å². The van der Waals surface area contributed by atoms with Gasteiger partial charge in [-0.05, 0) is 32.1 Å². The van der Waals surface area contributed by atoms with Crippen LogP contribution in [0, 0.1) is 0 Å². The minimum atomic E-state index is 0.125. The van der Waals surface area contributed by atoms with Crippen LogP contribution in [0.1, 0.15) is 32.1 Å². The molecule has 58 valence electrons. The second-order valence-electron chi connectivity index (χ2n) is 3.52. The molecule has 1 spiro atoms. The van der Waals surface area contributed by atoms with Gasteiger partial charge in [-0.3, -0.25) is 0 Å². The lowest BCUT2D eigenvalue weighted by Gasteiger charge is -2.27. The molecule has 0 amide bonds. The second kappa shape index (κ2) is 2.21. The molecular formula is C8H15NO. The molecule has 0 aromatic carbocycles. The summed E-state index contributed by atoms with van der Waals surface area (Å²) < 4.78 is 5.69. The van der Waals surface area contributed by atoms with Crippen molar-refractivity contribution in [2.45, 2.75) is 43.7 Å². The third-order valence-electron chi connectivity index (χ3n) is 2.92. The normalized spacial score (nSPS) is 47.1. The van der Waals surface area contributed by atoms with Gasteiger partial charge in [0.25, 0.3) is 0 Å². The van der Waals surface area contributed by atoms with E-state index in [0.29, 0.717) is 6.04 Å². The quantitative estimate of drug-likeness (QED) is 0.547. The maximum atomic E-state index is 5.95. The Labute approximate surface area is 61.7 Å². The van der Waals surface area contributed by atoms with E-state index in [9.17, 15) is 0 Å². The summed E-state index contributed by atoms with van der Waals surface area (Å²) >= 11 is 0. The molecule has 2 heteroatoms. The van der Waals surface area contributed by atoms with Gasteiger partial charge < -0.3 is 10.5 Å². The standard InChI is InChI=1S/C8H15NO/c9-7-3-1-4-8(7)5-2-6-10-8/h7H,1-6,9H2/t7-,8+/m0/s1. The molecule has 1 aliphatic carbocycles. The monoisotopic (exact) mass is 141 g/mol. The molecule has 2 N–H and O–H groups in total. The average Bonchev–Trinajstić information content (AvgIpc) is 2.48. The number of nitrogens with two attached hydrogens (primary N) is 1. The lowest BCUT2D eigenvalue weighted by atomic mass is 9.95. The van der Waals surface area contributed by atoms with Crippen LogP contribution in [-0.2, 0) is 4.74 Å². The van der Waals surface area contributed by atoms with Crippen LogP contribution in [0.4, 0.5) is 0 Å². The SMILES string of the molecule is N[C@H]1CCC[C@@]12CCCO2. The Balaban J connectivity index is 2.11. The summed E-state index contributed by atoms with van der Waals surface area (Å²) in [5.74, 6) is 0. The van der Waals surface area contributed by atoms with Gasteiger partial charge >= 0.3 is 0 Å². The van der Waals surface area contributed by atoms with E-state index in [1.165, 1.54) is 32.1 Å². The summed E-state index contributed by atoms with van der Waals surface area (Å²) in [7, 11) is 0. The highest BCUT2D eigenvalue weighted by atomic mass is 16.5. The zero-order valence-electron chi connectivity index (χ0n) is 6.31. The Bertz CT molecular complexity index is 124.